The highest BCUT2D eigenvalue weighted by Crippen LogP contribution is 2.28. The summed E-state index contributed by atoms with van der Waals surface area (Å²) in [5.74, 6) is 0. The zero-order valence-electron chi connectivity index (χ0n) is 8.22. The minimum absolute atomic E-state index is 0.710. The van der Waals surface area contributed by atoms with Gasteiger partial charge in [-0.15, -0.1) is 0 Å². The quantitative estimate of drug-likeness (QED) is 0.679. The Labute approximate surface area is 79.1 Å². The molecule has 2 rings (SSSR count). The van der Waals surface area contributed by atoms with Crippen molar-refractivity contribution < 1.29 is 0 Å². The molecule has 0 bridgehead atoms. The normalized spacial score (nSPS) is 15.8. The van der Waals surface area contributed by atoms with Crippen molar-refractivity contribution in [1.82, 2.24) is 0 Å². The monoisotopic (exact) mass is 176 g/mol. The number of anilines is 2. The van der Waals surface area contributed by atoms with Gasteiger partial charge in [-0.2, -0.15) is 0 Å². The van der Waals surface area contributed by atoms with Crippen LogP contribution in [0.3, 0.4) is 0 Å². The Hall–Kier alpha value is -1.18. The number of nitrogens with one attached hydrogen (secondary N) is 1. The van der Waals surface area contributed by atoms with E-state index in [0.717, 1.165) is 11.3 Å². The molecule has 3 N–H and O–H groups in total. The number of benzene rings is 1. The van der Waals surface area contributed by atoms with E-state index in [1.54, 1.807) is 0 Å². The van der Waals surface area contributed by atoms with Crippen LogP contribution in [0.5, 0.6) is 0 Å². The summed E-state index contributed by atoms with van der Waals surface area (Å²) < 4.78 is 0. The second-order valence-corrected chi connectivity index (χ2v) is 3.94. The van der Waals surface area contributed by atoms with Crippen molar-refractivity contribution in [1.29, 1.82) is 0 Å². The Morgan fingerprint density at radius 3 is 2.54 bits per heavy atom. The van der Waals surface area contributed by atoms with E-state index in [0.29, 0.717) is 6.04 Å². The fourth-order valence-electron chi connectivity index (χ4n) is 1.44. The molecule has 1 fully saturated rings. The maximum atomic E-state index is 5.81. The SMILES string of the molecule is Cc1cc(NC2CC2)c(C)cc1N. The lowest BCUT2D eigenvalue weighted by Crippen LogP contribution is -2.03. The second-order valence-electron chi connectivity index (χ2n) is 3.94. The fraction of sp³-hybridized carbons (Fsp3) is 0.455. The molecule has 0 spiro atoms. The number of hydrogen-bond acceptors (Lipinski definition) is 2. The maximum absolute atomic E-state index is 5.81. The minimum Gasteiger partial charge on any atom is -0.399 e. The predicted octanol–water partition coefficient (Wildman–Crippen LogP) is 2.46. The summed E-state index contributed by atoms with van der Waals surface area (Å²) in [6, 6.07) is 4.89. The van der Waals surface area contributed by atoms with Gasteiger partial charge < -0.3 is 11.1 Å². The van der Waals surface area contributed by atoms with E-state index in [1.165, 1.54) is 24.1 Å². The largest absolute Gasteiger partial charge is 0.399 e. The van der Waals surface area contributed by atoms with Crippen LogP contribution in [0.1, 0.15) is 24.0 Å². The summed E-state index contributed by atoms with van der Waals surface area (Å²) in [5.41, 5.74) is 10.3. The molecule has 0 saturated heterocycles. The Morgan fingerprint density at radius 1 is 1.23 bits per heavy atom. The number of aryl methyl sites for hydroxylation is 2. The van der Waals surface area contributed by atoms with Crippen molar-refractivity contribution in [3.8, 4) is 0 Å². The molecule has 1 saturated carbocycles. The van der Waals surface area contributed by atoms with Gasteiger partial charge in [0.2, 0.25) is 0 Å². The van der Waals surface area contributed by atoms with Gasteiger partial charge in [0.05, 0.1) is 0 Å². The zero-order valence-corrected chi connectivity index (χ0v) is 8.22. The van der Waals surface area contributed by atoms with Crippen molar-refractivity contribution in [3.05, 3.63) is 23.3 Å². The van der Waals surface area contributed by atoms with Crippen LogP contribution in [0.15, 0.2) is 12.1 Å². The molecule has 1 aliphatic carbocycles. The summed E-state index contributed by atoms with van der Waals surface area (Å²) >= 11 is 0. The molecule has 0 amide bonds. The number of nitrogens with two attached hydrogens (primary N) is 1. The van der Waals surface area contributed by atoms with Crippen LogP contribution in [-0.2, 0) is 0 Å². The summed E-state index contributed by atoms with van der Waals surface area (Å²) in [6.07, 6.45) is 2.62. The molecular formula is C11H16N2. The van der Waals surface area contributed by atoms with E-state index in [9.17, 15) is 0 Å². The molecule has 1 aliphatic rings. The van der Waals surface area contributed by atoms with E-state index in [4.69, 9.17) is 5.73 Å². The minimum atomic E-state index is 0.710. The second kappa shape index (κ2) is 2.95. The average molecular weight is 176 g/mol. The predicted molar refractivity (Wildman–Crippen MR) is 57.0 cm³/mol. The molecule has 2 nitrogen and oxygen atoms in total. The van der Waals surface area contributed by atoms with Crippen molar-refractivity contribution in [2.24, 2.45) is 0 Å². The van der Waals surface area contributed by atoms with Crippen molar-refractivity contribution >= 4 is 11.4 Å². The molecule has 0 heterocycles. The van der Waals surface area contributed by atoms with Crippen LogP contribution in [0.25, 0.3) is 0 Å². The lowest BCUT2D eigenvalue weighted by Gasteiger charge is -2.11. The van der Waals surface area contributed by atoms with Crippen molar-refractivity contribution in [3.63, 3.8) is 0 Å². The van der Waals surface area contributed by atoms with Gasteiger partial charge in [0.25, 0.3) is 0 Å². The first-order valence-corrected chi connectivity index (χ1v) is 4.80. The lowest BCUT2D eigenvalue weighted by atomic mass is 10.1. The highest BCUT2D eigenvalue weighted by Gasteiger charge is 2.21. The van der Waals surface area contributed by atoms with Crippen LogP contribution in [0.4, 0.5) is 11.4 Å². The first-order valence-electron chi connectivity index (χ1n) is 4.80. The number of rotatable bonds is 2. The third-order valence-corrected chi connectivity index (χ3v) is 2.55. The molecule has 0 aliphatic heterocycles. The Morgan fingerprint density at radius 2 is 1.92 bits per heavy atom. The van der Waals surface area contributed by atoms with E-state index in [-0.39, 0.29) is 0 Å². The third kappa shape index (κ3) is 1.77. The Balaban J connectivity index is 2.27. The first-order chi connectivity index (χ1) is 6.16. The molecule has 1 aromatic carbocycles. The highest BCUT2D eigenvalue weighted by molar-refractivity contribution is 5.62. The molecule has 2 heteroatoms. The van der Waals surface area contributed by atoms with Crippen molar-refractivity contribution in [2.45, 2.75) is 32.7 Å². The molecule has 70 valence electrons. The summed E-state index contributed by atoms with van der Waals surface area (Å²) in [5, 5.41) is 3.50. The topological polar surface area (TPSA) is 38.0 Å². The molecule has 0 aromatic heterocycles. The van der Waals surface area contributed by atoms with Gasteiger partial charge in [0.15, 0.2) is 0 Å². The highest BCUT2D eigenvalue weighted by atomic mass is 15.0. The van der Waals surface area contributed by atoms with Crippen molar-refractivity contribution in [2.75, 3.05) is 11.1 Å². The van der Waals surface area contributed by atoms with E-state index in [2.05, 4.69) is 18.3 Å². The van der Waals surface area contributed by atoms with Crippen LogP contribution >= 0.6 is 0 Å². The smallest absolute Gasteiger partial charge is 0.0376 e. The summed E-state index contributed by atoms with van der Waals surface area (Å²) in [6.45, 7) is 4.15. The van der Waals surface area contributed by atoms with Crippen LogP contribution < -0.4 is 11.1 Å². The Kier molecular flexibility index (Phi) is 1.91. The molecular weight excluding hydrogens is 160 g/mol. The average Bonchev–Trinajstić information content (AvgIpc) is 2.84. The number of hydrogen-bond donors (Lipinski definition) is 2. The fourth-order valence-corrected chi connectivity index (χ4v) is 1.44. The third-order valence-electron chi connectivity index (χ3n) is 2.55. The zero-order chi connectivity index (χ0) is 9.42. The van der Waals surface area contributed by atoms with Gasteiger partial charge in [-0.1, -0.05) is 0 Å². The van der Waals surface area contributed by atoms with E-state index >= 15 is 0 Å². The van der Waals surface area contributed by atoms with E-state index < -0.39 is 0 Å². The molecule has 0 unspecified atom stereocenters. The van der Waals surface area contributed by atoms with Crippen LogP contribution in [-0.4, -0.2) is 6.04 Å². The number of nitrogen functional groups attached to an aromatic ring is 1. The van der Waals surface area contributed by atoms with Gasteiger partial charge in [-0.05, 0) is 49.9 Å². The first kappa shape index (κ1) is 8.42. The standard InChI is InChI=1S/C11H16N2/c1-7-6-11(13-9-3-4-9)8(2)5-10(7)12/h5-6,9,13H,3-4,12H2,1-2H3. The van der Waals surface area contributed by atoms with Gasteiger partial charge in [-0.3, -0.25) is 0 Å². The van der Waals surface area contributed by atoms with Crippen LogP contribution in [0.2, 0.25) is 0 Å². The van der Waals surface area contributed by atoms with Gasteiger partial charge in [0, 0.05) is 17.4 Å². The Bertz CT molecular complexity index is 327. The van der Waals surface area contributed by atoms with Crippen LogP contribution in [0, 0.1) is 13.8 Å². The molecule has 0 atom stereocenters. The summed E-state index contributed by atoms with van der Waals surface area (Å²) in [4.78, 5) is 0. The van der Waals surface area contributed by atoms with Gasteiger partial charge in [0.1, 0.15) is 0 Å². The molecule has 0 radical (unpaired) electrons. The van der Waals surface area contributed by atoms with Gasteiger partial charge >= 0.3 is 0 Å². The molecule has 13 heavy (non-hydrogen) atoms. The van der Waals surface area contributed by atoms with E-state index in [1.807, 2.05) is 13.0 Å². The summed E-state index contributed by atoms with van der Waals surface area (Å²) in [7, 11) is 0. The maximum Gasteiger partial charge on any atom is 0.0376 e. The lowest BCUT2D eigenvalue weighted by molar-refractivity contribution is 1.14. The van der Waals surface area contributed by atoms with Gasteiger partial charge in [-0.25, -0.2) is 0 Å². The molecule has 1 aromatic rings.